The van der Waals surface area contributed by atoms with Crippen molar-refractivity contribution in [3.63, 3.8) is 0 Å². The third kappa shape index (κ3) is 3.10. The standard InChI is InChI=1S/C17H24N2O/c18-8-4-7-17-15-10-19(11-16(17)13-20-12-15)9-14-5-2-1-3-6-14/h1-3,5-6,8,15-18H,4,7,9-13H2. The van der Waals surface area contributed by atoms with Crippen LogP contribution in [-0.4, -0.2) is 37.4 Å². The van der Waals surface area contributed by atoms with Crippen molar-refractivity contribution in [3.05, 3.63) is 35.9 Å². The van der Waals surface area contributed by atoms with Crippen molar-refractivity contribution in [2.75, 3.05) is 26.3 Å². The first-order chi connectivity index (χ1) is 9.86. The van der Waals surface area contributed by atoms with Crippen molar-refractivity contribution in [3.8, 4) is 0 Å². The van der Waals surface area contributed by atoms with Crippen molar-refractivity contribution >= 4 is 6.21 Å². The molecule has 2 bridgehead atoms. The number of piperidine rings is 1. The van der Waals surface area contributed by atoms with Gasteiger partial charge in [0.2, 0.25) is 0 Å². The highest BCUT2D eigenvalue weighted by molar-refractivity contribution is 5.52. The van der Waals surface area contributed by atoms with Crippen LogP contribution in [0.5, 0.6) is 0 Å². The van der Waals surface area contributed by atoms with Crippen LogP contribution in [0.25, 0.3) is 0 Å². The number of hydrogen-bond donors (Lipinski definition) is 1. The minimum atomic E-state index is 0.658. The van der Waals surface area contributed by atoms with Crippen LogP contribution >= 0.6 is 0 Å². The maximum atomic E-state index is 7.25. The van der Waals surface area contributed by atoms with Crippen LogP contribution in [0.3, 0.4) is 0 Å². The SMILES string of the molecule is N=CCCC1C2COCC1CN(Cc1ccccc1)C2. The van der Waals surface area contributed by atoms with Crippen molar-refractivity contribution < 1.29 is 4.74 Å². The second-order valence-electron chi connectivity index (χ2n) is 6.18. The van der Waals surface area contributed by atoms with Gasteiger partial charge >= 0.3 is 0 Å². The lowest BCUT2D eigenvalue weighted by Crippen LogP contribution is -2.52. The topological polar surface area (TPSA) is 36.3 Å². The lowest BCUT2D eigenvalue weighted by Gasteiger charge is -2.47. The molecule has 0 spiro atoms. The normalized spacial score (nSPS) is 30.1. The monoisotopic (exact) mass is 272 g/mol. The molecule has 0 aliphatic carbocycles. The fourth-order valence-corrected chi connectivity index (χ4v) is 3.83. The van der Waals surface area contributed by atoms with E-state index in [2.05, 4.69) is 35.2 Å². The summed E-state index contributed by atoms with van der Waals surface area (Å²) in [5, 5.41) is 7.25. The molecule has 2 unspecified atom stereocenters. The lowest BCUT2D eigenvalue weighted by atomic mass is 9.74. The molecule has 0 saturated carbocycles. The zero-order chi connectivity index (χ0) is 13.8. The van der Waals surface area contributed by atoms with Gasteiger partial charge in [-0.25, -0.2) is 0 Å². The number of fused-ring (bicyclic) bond motifs is 2. The zero-order valence-electron chi connectivity index (χ0n) is 12.0. The van der Waals surface area contributed by atoms with Crippen LogP contribution in [0.2, 0.25) is 0 Å². The Kier molecular flexibility index (Phi) is 4.48. The maximum Gasteiger partial charge on any atom is 0.0509 e. The summed E-state index contributed by atoms with van der Waals surface area (Å²) in [7, 11) is 0. The Hall–Kier alpha value is -1.19. The summed E-state index contributed by atoms with van der Waals surface area (Å²) in [6.45, 7) is 5.17. The molecule has 1 aromatic carbocycles. The molecule has 1 N–H and O–H groups in total. The molecule has 2 saturated heterocycles. The predicted octanol–water partition coefficient (Wildman–Crippen LogP) is 2.81. The number of benzene rings is 1. The van der Waals surface area contributed by atoms with Gasteiger partial charge in [0, 0.05) is 19.6 Å². The van der Waals surface area contributed by atoms with Gasteiger partial charge in [0.15, 0.2) is 0 Å². The zero-order valence-corrected chi connectivity index (χ0v) is 12.0. The molecule has 3 nitrogen and oxygen atoms in total. The van der Waals surface area contributed by atoms with Crippen LogP contribution in [0, 0.1) is 23.2 Å². The van der Waals surface area contributed by atoms with Gasteiger partial charge in [-0.1, -0.05) is 30.3 Å². The summed E-state index contributed by atoms with van der Waals surface area (Å²) >= 11 is 0. The summed E-state index contributed by atoms with van der Waals surface area (Å²) in [6, 6.07) is 10.8. The summed E-state index contributed by atoms with van der Waals surface area (Å²) in [5.41, 5.74) is 1.41. The van der Waals surface area contributed by atoms with Crippen LogP contribution < -0.4 is 0 Å². The Bertz CT molecular complexity index is 420. The number of ether oxygens (including phenoxy) is 1. The third-order valence-corrected chi connectivity index (χ3v) is 4.75. The van der Waals surface area contributed by atoms with E-state index < -0.39 is 0 Å². The Morgan fingerprint density at radius 2 is 1.85 bits per heavy atom. The molecule has 1 aromatic rings. The highest BCUT2D eigenvalue weighted by Crippen LogP contribution is 2.36. The van der Waals surface area contributed by atoms with Gasteiger partial charge < -0.3 is 10.1 Å². The molecule has 20 heavy (non-hydrogen) atoms. The van der Waals surface area contributed by atoms with Crippen LogP contribution in [0.4, 0.5) is 0 Å². The van der Waals surface area contributed by atoms with Gasteiger partial charge in [0.05, 0.1) is 13.2 Å². The second kappa shape index (κ2) is 6.51. The minimum absolute atomic E-state index is 0.658. The molecule has 0 aromatic heterocycles. The van der Waals surface area contributed by atoms with Crippen molar-refractivity contribution in [1.29, 1.82) is 5.41 Å². The van der Waals surface area contributed by atoms with Gasteiger partial charge in [-0.3, -0.25) is 4.90 Å². The molecular weight excluding hydrogens is 248 g/mol. The molecule has 0 amide bonds. The Morgan fingerprint density at radius 3 is 2.50 bits per heavy atom. The van der Waals surface area contributed by atoms with Gasteiger partial charge in [-0.2, -0.15) is 0 Å². The van der Waals surface area contributed by atoms with Crippen LogP contribution in [0.1, 0.15) is 18.4 Å². The highest BCUT2D eigenvalue weighted by atomic mass is 16.5. The largest absolute Gasteiger partial charge is 0.381 e. The molecule has 2 aliphatic heterocycles. The van der Waals surface area contributed by atoms with Crippen LogP contribution in [0.15, 0.2) is 30.3 Å². The molecule has 3 rings (SSSR count). The van der Waals surface area contributed by atoms with Crippen molar-refractivity contribution in [2.45, 2.75) is 19.4 Å². The molecule has 2 heterocycles. The highest BCUT2D eigenvalue weighted by Gasteiger charge is 2.39. The van der Waals surface area contributed by atoms with Gasteiger partial charge in [0.1, 0.15) is 0 Å². The lowest BCUT2D eigenvalue weighted by molar-refractivity contribution is -0.0866. The van der Waals surface area contributed by atoms with Crippen LogP contribution in [-0.2, 0) is 11.3 Å². The van der Waals surface area contributed by atoms with Gasteiger partial charge in [-0.15, -0.1) is 0 Å². The predicted molar refractivity (Wildman–Crippen MR) is 81.0 cm³/mol. The van der Waals surface area contributed by atoms with Gasteiger partial charge in [0.25, 0.3) is 0 Å². The number of likely N-dealkylation sites (tertiary alicyclic amines) is 1. The summed E-state index contributed by atoms with van der Waals surface area (Å²) in [5.74, 6) is 2.08. The fourth-order valence-electron chi connectivity index (χ4n) is 3.83. The molecular formula is C17H24N2O. The molecule has 2 atom stereocenters. The number of hydrogen-bond acceptors (Lipinski definition) is 3. The third-order valence-electron chi connectivity index (χ3n) is 4.75. The first-order valence-electron chi connectivity index (χ1n) is 7.70. The number of nitrogens with zero attached hydrogens (tertiary/aromatic N) is 1. The first kappa shape index (κ1) is 13.8. The van der Waals surface area contributed by atoms with E-state index in [4.69, 9.17) is 10.1 Å². The van der Waals surface area contributed by atoms with Gasteiger partial charge in [-0.05, 0) is 42.4 Å². The average Bonchev–Trinajstić information content (AvgIpc) is 2.46. The van der Waals surface area contributed by atoms with E-state index >= 15 is 0 Å². The molecule has 108 valence electrons. The smallest absolute Gasteiger partial charge is 0.0509 e. The van der Waals surface area contributed by atoms with E-state index in [0.717, 1.165) is 45.2 Å². The average molecular weight is 272 g/mol. The maximum absolute atomic E-state index is 7.25. The van der Waals surface area contributed by atoms with E-state index in [0.29, 0.717) is 11.8 Å². The number of rotatable bonds is 5. The molecule has 3 heteroatoms. The van der Waals surface area contributed by atoms with E-state index in [1.54, 1.807) is 6.21 Å². The van der Waals surface area contributed by atoms with E-state index in [1.165, 1.54) is 12.0 Å². The van der Waals surface area contributed by atoms with E-state index in [1.807, 2.05) is 0 Å². The minimum Gasteiger partial charge on any atom is -0.381 e. The molecule has 2 fully saturated rings. The first-order valence-corrected chi connectivity index (χ1v) is 7.70. The summed E-state index contributed by atoms with van der Waals surface area (Å²) in [6.07, 6.45) is 3.66. The summed E-state index contributed by atoms with van der Waals surface area (Å²) < 4.78 is 5.76. The fraction of sp³-hybridized carbons (Fsp3) is 0.588. The Labute approximate surface area is 121 Å². The van der Waals surface area contributed by atoms with E-state index in [-0.39, 0.29) is 0 Å². The molecule has 0 radical (unpaired) electrons. The Morgan fingerprint density at radius 1 is 1.15 bits per heavy atom. The number of nitrogens with one attached hydrogen (secondary N) is 1. The van der Waals surface area contributed by atoms with Crippen molar-refractivity contribution in [2.24, 2.45) is 17.8 Å². The summed E-state index contributed by atoms with van der Waals surface area (Å²) in [4.78, 5) is 2.59. The van der Waals surface area contributed by atoms with E-state index in [9.17, 15) is 0 Å². The molecule has 2 aliphatic rings. The Balaban J connectivity index is 1.63. The quantitative estimate of drug-likeness (QED) is 0.837. The van der Waals surface area contributed by atoms with Crippen molar-refractivity contribution in [1.82, 2.24) is 4.90 Å². The second-order valence-corrected chi connectivity index (χ2v) is 6.18.